The Morgan fingerprint density at radius 1 is 1.09 bits per heavy atom. The van der Waals surface area contributed by atoms with Gasteiger partial charge in [-0.25, -0.2) is 4.79 Å². The summed E-state index contributed by atoms with van der Waals surface area (Å²) in [4.78, 5) is 11.8. The van der Waals surface area contributed by atoms with E-state index in [0.29, 0.717) is 22.8 Å². The van der Waals surface area contributed by atoms with E-state index in [1.54, 1.807) is 18.2 Å². The van der Waals surface area contributed by atoms with Crippen molar-refractivity contribution >= 4 is 27.4 Å². The minimum absolute atomic E-state index is 0.200. The summed E-state index contributed by atoms with van der Waals surface area (Å²) in [7, 11) is 0. The van der Waals surface area contributed by atoms with E-state index in [1.807, 2.05) is 19.9 Å². The van der Waals surface area contributed by atoms with Gasteiger partial charge in [-0.3, -0.25) is 0 Å². The average molecular weight is 495 g/mol. The summed E-state index contributed by atoms with van der Waals surface area (Å²) in [5, 5.41) is 9.64. The van der Waals surface area contributed by atoms with E-state index in [1.165, 1.54) is 17.4 Å². The second-order valence-corrected chi connectivity index (χ2v) is 9.47. The summed E-state index contributed by atoms with van der Waals surface area (Å²) in [5.41, 5.74) is 1.21. The number of hydrogen-bond donors (Lipinski definition) is 1. The number of rotatable bonds is 11. The fraction of sp³-hybridized carbons (Fsp3) is 0.423. The fourth-order valence-corrected chi connectivity index (χ4v) is 5.42. The lowest BCUT2D eigenvalue weighted by atomic mass is 9.94. The van der Waals surface area contributed by atoms with Gasteiger partial charge in [-0.05, 0) is 79.5 Å². The molecule has 0 aliphatic carbocycles. The molecule has 0 fully saturated rings. The Morgan fingerprint density at radius 2 is 1.85 bits per heavy atom. The molecular formula is C26H29F3O4S. The number of benzene rings is 2. The summed E-state index contributed by atoms with van der Waals surface area (Å²) >= 11 is 1.45. The highest BCUT2D eigenvalue weighted by atomic mass is 32.1. The third kappa shape index (κ3) is 6.44. The number of ether oxygens (including phenoxy) is 2. The quantitative estimate of drug-likeness (QED) is 0.296. The van der Waals surface area contributed by atoms with Crippen LogP contribution in [0, 0.1) is 13.8 Å². The van der Waals surface area contributed by atoms with Crippen LogP contribution < -0.4 is 9.47 Å². The number of halogens is 3. The Hall–Kier alpha value is -2.74. The number of fused-ring (bicyclic) bond motifs is 1. The Morgan fingerprint density at radius 3 is 2.50 bits per heavy atom. The minimum atomic E-state index is -4.35. The van der Waals surface area contributed by atoms with Crippen LogP contribution in [0.4, 0.5) is 13.2 Å². The van der Waals surface area contributed by atoms with Crippen molar-refractivity contribution in [2.45, 2.75) is 58.5 Å². The molecule has 34 heavy (non-hydrogen) atoms. The molecule has 0 radical (unpaired) electrons. The Balaban J connectivity index is 1.73. The van der Waals surface area contributed by atoms with Crippen molar-refractivity contribution in [3.05, 3.63) is 58.0 Å². The van der Waals surface area contributed by atoms with Gasteiger partial charge in [-0.15, -0.1) is 11.3 Å². The lowest BCUT2D eigenvalue weighted by Gasteiger charge is -2.17. The van der Waals surface area contributed by atoms with Crippen LogP contribution in [-0.2, 0) is 11.0 Å². The molecule has 0 saturated carbocycles. The van der Waals surface area contributed by atoms with Crippen LogP contribution in [0.15, 0.2) is 36.4 Å². The average Bonchev–Trinajstić information content (AvgIpc) is 3.10. The highest BCUT2D eigenvalue weighted by Gasteiger charge is 2.31. The molecule has 0 unspecified atom stereocenters. The van der Waals surface area contributed by atoms with E-state index in [9.17, 15) is 18.0 Å². The molecule has 4 nitrogen and oxygen atoms in total. The van der Waals surface area contributed by atoms with Crippen molar-refractivity contribution in [2.75, 3.05) is 13.2 Å². The van der Waals surface area contributed by atoms with Gasteiger partial charge >= 0.3 is 12.1 Å². The molecule has 0 bridgehead atoms. The zero-order valence-electron chi connectivity index (χ0n) is 19.5. The van der Waals surface area contributed by atoms with Gasteiger partial charge in [0.2, 0.25) is 0 Å². The van der Waals surface area contributed by atoms with Gasteiger partial charge in [0.25, 0.3) is 0 Å². The van der Waals surface area contributed by atoms with Crippen molar-refractivity contribution in [3.8, 4) is 11.5 Å². The molecule has 1 N–H and O–H groups in total. The molecule has 0 saturated heterocycles. The first-order chi connectivity index (χ1) is 16.1. The van der Waals surface area contributed by atoms with Crippen molar-refractivity contribution < 1.29 is 32.5 Å². The molecule has 8 heteroatoms. The third-order valence-corrected chi connectivity index (χ3v) is 7.23. The van der Waals surface area contributed by atoms with Crippen LogP contribution in [0.25, 0.3) is 10.1 Å². The number of hydrogen-bond acceptors (Lipinski definition) is 4. The maximum atomic E-state index is 13.2. The highest BCUT2D eigenvalue weighted by molar-refractivity contribution is 7.19. The van der Waals surface area contributed by atoms with E-state index < -0.39 is 24.3 Å². The van der Waals surface area contributed by atoms with Crippen LogP contribution in [0.5, 0.6) is 11.5 Å². The molecule has 184 valence electrons. The van der Waals surface area contributed by atoms with E-state index in [-0.39, 0.29) is 5.92 Å². The number of alkyl halides is 3. The van der Waals surface area contributed by atoms with Crippen LogP contribution in [0.3, 0.4) is 0 Å². The van der Waals surface area contributed by atoms with E-state index in [0.717, 1.165) is 53.1 Å². The predicted molar refractivity (Wildman–Crippen MR) is 128 cm³/mol. The second kappa shape index (κ2) is 11.1. The molecule has 1 aromatic heterocycles. The van der Waals surface area contributed by atoms with Crippen molar-refractivity contribution in [3.63, 3.8) is 0 Å². The number of unbranched alkanes of at least 4 members (excludes halogenated alkanes) is 1. The smallest absolute Gasteiger partial charge is 0.416 e. The van der Waals surface area contributed by atoms with Gasteiger partial charge in [0.05, 0.1) is 12.2 Å². The fourth-order valence-electron chi connectivity index (χ4n) is 4.00. The molecule has 0 spiro atoms. The Kier molecular flexibility index (Phi) is 8.47. The molecule has 0 aliphatic heterocycles. The van der Waals surface area contributed by atoms with Crippen LogP contribution in [0.1, 0.15) is 60.1 Å². The van der Waals surface area contributed by atoms with Gasteiger partial charge < -0.3 is 14.6 Å². The number of aliphatic carboxylic acids is 1. The van der Waals surface area contributed by atoms with Crippen molar-refractivity contribution in [1.29, 1.82) is 0 Å². The molecule has 0 amide bonds. The lowest BCUT2D eigenvalue weighted by molar-refractivity contribution is -0.139. The maximum Gasteiger partial charge on any atom is 0.416 e. The lowest BCUT2D eigenvalue weighted by Crippen LogP contribution is -2.10. The van der Waals surface area contributed by atoms with Gasteiger partial charge in [0, 0.05) is 9.58 Å². The number of carboxylic acid groups (broad SMARTS) is 1. The molecule has 3 rings (SSSR count). The largest absolute Gasteiger partial charge is 0.494 e. The van der Waals surface area contributed by atoms with Crippen LogP contribution >= 0.6 is 11.3 Å². The van der Waals surface area contributed by atoms with Gasteiger partial charge in [-0.2, -0.15) is 13.2 Å². The third-order valence-electron chi connectivity index (χ3n) is 5.81. The molecule has 1 atom stereocenters. The maximum absolute atomic E-state index is 13.2. The van der Waals surface area contributed by atoms with Crippen molar-refractivity contribution in [1.82, 2.24) is 0 Å². The molecular weight excluding hydrogens is 465 g/mol. The predicted octanol–water partition coefficient (Wildman–Crippen LogP) is 7.74. The van der Waals surface area contributed by atoms with Crippen LogP contribution in [-0.4, -0.2) is 24.3 Å². The van der Waals surface area contributed by atoms with E-state index in [2.05, 4.69) is 6.92 Å². The first-order valence-electron chi connectivity index (χ1n) is 11.3. The Labute approximate surface area is 201 Å². The summed E-state index contributed by atoms with van der Waals surface area (Å²) < 4.78 is 51.4. The molecule has 1 heterocycles. The normalized spacial score (nSPS) is 12.6. The molecule has 0 aliphatic rings. The summed E-state index contributed by atoms with van der Waals surface area (Å²) in [6, 6.07) is 9.23. The zero-order chi connectivity index (χ0) is 24.9. The number of carbonyl (C=O) groups is 1. The van der Waals surface area contributed by atoms with E-state index in [4.69, 9.17) is 14.6 Å². The van der Waals surface area contributed by atoms with Crippen molar-refractivity contribution in [2.24, 2.45) is 0 Å². The Bertz CT molecular complexity index is 1140. The topological polar surface area (TPSA) is 55.8 Å². The first kappa shape index (κ1) is 25.9. The summed E-state index contributed by atoms with van der Waals surface area (Å²) in [6.45, 7) is 5.99. The zero-order valence-corrected chi connectivity index (χ0v) is 20.3. The minimum Gasteiger partial charge on any atom is -0.494 e. The van der Waals surface area contributed by atoms with Gasteiger partial charge in [-0.1, -0.05) is 25.8 Å². The van der Waals surface area contributed by atoms with Gasteiger partial charge in [0.1, 0.15) is 11.5 Å². The summed E-state index contributed by atoms with van der Waals surface area (Å²) in [5.74, 6) is 0.321. The molecule has 3 aromatic rings. The standard InChI is InChI=1S/C26H29F3O4S/c1-4-5-6-18(11-12-32-20-8-10-22(16(2)13-20)33-15-24(30)31)25-17(3)21-9-7-19(26(27,28)29)14-23(21)34-25/h7-10,13-14,18H,4-6,11-12,15H2,1-3H3,(H,30,31)/t18-/m0/s1. The summed E-state index contributed by atoms with van der Waals surface area (Å²) in [6.07, 6.45) is -0.595. The van der Waals surface area contributed by atoms with Crippen LogP contribution in [0.2, 0.25) is 0 Å². The molecule has 2 aromatic carbocycles. The SMILES string of the molecule is CCCC[C@@H](CCOc1ccc(OCC(=O)O)c(C)c1)c1sc2cc(C(F)(F)F)ccc2c1C. The van der Waals surface area contributed by atoms with E-state index >= 15 is 0 Å². The monoisotopic (exact) mass is 494 g/mol. The van der Waals surface area contributed by atoms with Gasteiger partial charge in [0.15, 0.2) is 6.61 Å². The second-order valence-electron chi connectivity index (χ2n) is 8.39. The number of thiophene rings is 1. The number of aryl methyl sites for hydroxylation is 2. The number of carboxylic acids is 1. The first-order valence-corrected chi connectivity index (χ1v) is 12.1. The highest BCUT2D eigenvalue weighted by Crippen LogP contribution is 2.41.